The molecule has 3 aromatic rings. The Morgan fingerprint density at radius 3 is 2.21 bits per heavy atom. The Balaban J connectivity index is 1.45. The van der Waals surface area contributed by atoms with Crippen molar-refractivity contribution in [1.82, 2.24) is 4.90 Å². The van der Waals surface area contributed by atoms with E-state index in [0.29, 0.717) is 16.9 Å². The molecule has 2 aliphatic heterocycles. The van der Waals surface area contributed by atoms with Crippen molar-refractivity contribution in [2.75, 3.05) is 12.4 Å². The summed E-state index contributed by atoms with van der Waals surface area (Å²) >= 11 is 1.40. The number of nitro benzene ring substituents is 1. The van der Waals surface area contributed by atoms with Crippen molar-refractivity contribution in [1.29, 1.82) is 0 Å². The summed E-state index contributed by atoms with van der Waals surface area (Å²) in [7, 11) is 0. The van der Waals surface area contributed by atoms with Crippen LogP contribution in [0, 0.1) is 10.1 Å². The number of thioether (sulfide) groups is 1. The van der Waals surface area contributed by atoms with E-state index in [1.54, 1.807) is 19.1 Å². The maximum atomic E-state index is 13.9. The van der Waals surface area contributed by atoms with Gasteiger partial charge in [0.25, 0.3) is 11.6 Å². The van der Waals surface area contributed by atoms with E-state index in [4.69, 9.17) is 9.47 Å². The third-order valence-corrected chi connectivity index (χ3v) is 8.52. The summed E-state index contributed by atoms with van der Waals surface area (Å²) in [5.41, 5.74) is 1.37. The Bertz CT molecular complexity index is 1540. The first-order valence-electron chi connectivity index (χ1n) is 13.1. The summed E-state index contributed by atoms with van der Waals surface area (Å²) in [6.07, 6.45) is 0.759. The molecule has 2 aliphatic rings. The quantitative estimate of drug-likeness (QED) is 0.115. The van der Waals surface area contributed by atoms with Crippen molar-refractivity contribution in [3.8, 4) is 0 Å². The van der Waals surface area contributed by atoms with Crippen molar-refractivity contribution in [3.05, 3.63) is 123 Å². The lowest BCUT2D eigenvalue weighted by molar-refractivity contribution is -0.384. The molecule has 5 rings (SSSR count). The van der Waals surface area contributed by atoms with Gasteiger partial charge in [0.15, 0.2) is 11.6 Å². The average molecular weight is 586 g/mol. The largest absolute Gasteiger partial charge is 0.461 e. The predicted octanol–water partition coefficient (Wildman–Crippen LogP) is 4.84. The van der Waals surface area contributed by atoms with Crippen LogP contribution in [0.25, 0.3) is 0 Å². The molecule has 11 heteroatoms. The molecule has 0 saturated carbocycles. The first-order chi connectivity index (χ1) is 20.2. The van der Waals surface area contributed by atoms with Gasteiger partial charge >= 0.3 is 11.9 Å². The van der Waals surface area contributed by atoms with Gasteiger partial charge in [0.1, 0.15) is 17.7 Å². The molecule has 0 N–H and O–H groups in total. The summed E-state index contributed by atoms with van der Waals surface area (Å²) in [6.45, 7) is 2.80. The van der Waals surface area contributed by atoms with Gasteiger partial charge in [0, 0.05) is 36.6 Å². The van der Waals surface area contributed by atoms with Crippen molar-refractivity contribution >= 4 is 41.5 Å². The number of nitrogens with zero attached hydrogens (tertiary/aromatic N) is 3. The van der Waals surface area contributed by atoms with Crippen molar-refractivity contribution in [2.24, 2.45) is 4.99 Å². The molecule has 214 valence electrons. The predicted molar refractivity (Wildman–Crippen MR) is 157 cm³/mol. The van der Waals surface area contributed by atoms with Gasteiger partial charge in [-0.2, -0.15) is 0 Å². The maximum absolute atomic E-state index is 13.9. The van der Waals surface area contributed by atoms with Crippen LogP contribution in [-0.2, 0) is 23.9 Å². The molecule has 2 atom stereocenters. The lowest BCUT2D eigenvalue weighted by Crippen LogP contribution is -2.71. The number of fused-ring (bicyclic) bond motifs is 1. The van der Waals surface area contributed by atoms with Gasteiger partial charge in [-0.15, -0.1) is 11.8 Å². The molecule has 0 spiro atoms. The number of amides is 1. The second kappa shape index (κ2) is 12.0. The van der Waals surface area contributed by atoms with E-state index in [0.717, 1.165) is 11.1 Å². The number of aliphatic imine (C=N–C) groups is 1. The molecule has 0 aromatic heterocycles. The van der Waals surface area contributed by atoms with E-state index in [2.05, 4.69) is 4.99 Å². The van der Waals surface area contributed by atoms with Crippen molar-refractivity contribution in [2.45, 2.75) is 30.9 Å². The normalized spacial score (nSPS) is 19.8. The third-order valence-electron chi connectivity index (χ3n) is 7.02. The van der Waals surface area contributed by atoms with Gasteiger partial charge in [-0.3, -0.25) is 29.6 Å². The third kappa shape index (κ3) is 5.68. The summed E-state index contributed by atoms with van der Waals surface area (Å²) in [5, 5.41) is 10.4. The molecule has 42 heavy (non-hydrogen) atoms. The van der Waals surface area contributed by atoms with Gasteiger partial charge in [-0.05, 0) is 35.7 Å². The van der Waals surface area contributed by atoms with E-state index in [1.165, 1.54) is 41.9 Å². The minimum absolute atomic E-state index is 0.0462. The van der Waals surface area contributed by atoms with Crippen LogP contribution in [0.1, 0.15) is 36.6 Å². The Labute approximate surface area is 246 Å². The van der Waals surface area contributed by atoms with Crippen LogP contribution in [0.5, 0.6) is 0 Å². The zero-order valence-electron chi connectivity index (χ0n) is 22.8. The smallest absolute Gasteiger partial charge is 0.356 e. The fourth-order valence-electron chi connectivity index (χ4n) is 4.81. The Hall–Kier alpha value is -4.77. The standard InChI is InChI=1S/C31H27N3O7S/c1-20(35)40-18-24-19-42-30-31(2,32-17-21-13-15-25(16-14-21)34(38)39)29(37)33(30)26(24)28(36)41-27(22-9-5-3-6-10-22)23-11-7-4-8-12-23/h3-17,27,30H,18-19H2,1-2H3/t30-,31+/m1/s1. The number of ether oxygens (including phenoxy) is 2. The second-order valence-corrected chi connectivity index (χ2v) is 11.0. The molecule has 3 aromatic carbocycles. The van der Waals surface area contributed by atoms with Crippen LogP contribution in [-0.4, -0.2) is 57.2 Å². The lowest BCUT2D eigenvalue weighted by atomic mass is 9.89. The molecule has 1 saturated heterocycles. The number of benzene rings is 3. The molecule has 0 bridgehead atoms. The fraction of sp³-hybridized carbons (Fsp3) is 0.226. The topological polar surface area (TPSA) is 128 Å². The number of hydrogen-bond acceptors (Lipinski definition) is 9. The summed E-state index contributed by atoms with van der Waals surface area (Å²) < 4.78 is 11.3. The lowest BCUT2D eigenvalue weighted by Gasteiger charge is -2.54. The van der Waals surface area contributed by atoms with Crippen molar-refractivity contribution < 1.29 is 28.8 Å². The molecular formula is C31H27N3O7S. The maximum Gasteiger partial charge on any atom is 0.356 e. The highest BCUT2D eigenvalue weighted by atomic mass is 32.2. The number of nitro groups is 1. The number of rotatable bonds is 9. The number of β-lactam (4-membered cyclic amide) rings is 1. The average Bonchev–Trinajstić information content (AvgIpc) is 3.01. The van der Waals surface area contributed by atoms with Crippen LogP contribution < -0.4 is 0 Å². The highest BCUT2D eigenvalue weighted by Crippen LogP contribution is 2.48. The molecule has 0 unspecified atom stereocenters. The number of esters is 2. The van der Waals surface area contributed by atoms with Crippen LogP contribution in [0.3, 0.4) is 0 Å². The molecule has 2 heterocycles. The molecule has 1 fully saturated rings. The van der Waals surface area contributed by atoms with E-state index < -0.39 is 39.8 Å². The van der Waals surface area contributed by atoms with Crippen LogP contribution in [0.4, 0.5) is 5.69 Å². The van der Waals surface area contributed by atoms with Crippen LogP contribution >= 0.6 is 11.8 Å². The first kappa shape index (κ1) is 28.7. The minimum Gasteiger partial charge on any atom is -0.461 e. The van der Waals surface area contributed by atoms with Crippen LogP contribution in [0.15, 0.2) is 101 Å². The Kier molecular flexibility index (Phi) is 8.21. The zero-order chi connectivity index (χ0) is 29.9. The van der Waals surface area contributed by atoms with Gasteiger partial charge in [0.05, 0.1) is 4.92 Å². The second-order valence-electron chi connectivity index (χ2n) is 9.93. The molecule has 10 nitrogen and oxygen atoms in total. The molecule has 0 radical (unpaired) electrons. The Morgan fingerprint density at radius 2 is 1.67 bits per heavy atom. The summed E-state index contributed by atoms with van der Waals surface area (Å²) in [6, 6.07) is 24.4. The number of non-ortho nitro benzene ring substituents is 1. The highest BCUT2D eigenvalue weighted by molar-refractivity contribution is 8.00. The number of hydrogen-bond donors (Lipinski definition) is 0. The summed E-state index contributed by atoms with van der Waals surface area (Å²) in [4.78, 5) is 55.6. The zero-order valence-corrected chi connectivity index (χ0v) is 23.7. The monoisotopic (exact) mass is 585 g/mol. The van der Waals surface area contributed by atoms with Gasteiger partial charge in [-0.25, -0.2) is 4.79 Å². The highest BCUT2D eigenvalue weighted by Gasteiger charge is 2.62. The van der Waals surface area contributed by atoms with Crippen molar-refractivity contribution in [3.63, 3.8) is 0 Å². The van der Waals surface area contributed by atoms with Gasteiger partial charge in [0.2, 0.25) is 0 Å². The van der Waals surface area contributed by atoms with Crippen LogP contribution in [0.2, 0.25) is 0 Å². The minimum atomic E-state index is -1.19. The van der Waals surface area contributed by atoms with E-state index in [-0.39, 0.29) is 18.0 Å². The number of carbonyl (C=O) groups is 3. The molecule has 0 aliphatic carbocycles. The molecular weight excluding hydrogens is 558 g/mol. The molecule has 1 amide bonds. The van der Waals surface area contributed by atoms with E-state index in [1.807, 2.05) is 60.7 Å². The fourth-order valence-corrected chi connectivity index (χ4v) is 6.23. The van der Waals surface area contributed by atoms with Gasteiger partial charge < -0.3 is 9.47 Å². The summed E-state index contributed by atoms with van der Waals surface area (Å²) in [5.74, 6) is -1.33. The van der Waals surface area contributed by atoms with E-state index >= 15 is 0 Å². The van der Waals surface area contributed by atoms with E-state index in [9.17, 15) is 24.5 Å². The Morgan fingerprint density at radius 1 is 1.07 bits per heavy atom. The first-order valence-corrected chi connectivity index (χ1v) is 14.1. The number of carbonyl (C=O) groups excluding carboxylic acids is 3. The SMILES string of the molecule is CC(=O)OCC1=C(C(=O)OC(c2ccccc2)c2ccccc2)N2C(=O)[C@](C)(N=Cc3ccc([N+](=O)[O-])cc3)[C@H]2SC1. The van der Waals surface area contributed by atoms with Gasteiger partial charge in [-0.1, -0.05) is 60.7 Å².